The first-order valence-corrected chi connectivity index (χ1v) is 6.93. The predicted octanol–water partition coefficient (Wildman–Crippen LogP) is 1.28. The Bertz CT molecular complexity index is 610. The van der Waals surface area contributed by atoms with Crippen molar-refractivity contribution in [1.29, 1.82) is 0 Å². The number of aromatic nitrogens is 4. The summed E-state index contributed by atoms with van der Waals surface area (Å²) in [6.07, 6.45) is 2.37. The fraction of sp³-hybridized carbons (Fsp3) is 0.429. The van der Waals surface area contributed by atoms with Gasteiger partial charge in [-0.2, -0.15) is 0 Å². The number of amides is 1. The number of benzene rings is 1. The molecule has 1 heterocycles. The van der Waals surface area contributed by atoms with Crippen LogP contribution in [0, 0.1) is 12.8 Å². The van der Waals surface area contributed by atoms with Gasteiger partial charge in [0.05, 0.1) is 11.7 Å². The van der Waals surface area contributed by atoms with Crippen LogP contribution in [-0.4, -0.2) is 32.2 Å². The molecule has 3 N–H and O–H groups in total. The lowest BCUT2D eigenvalue weighted by Gasteiger charge is -2.18. The highest BCUT2D eigenvalue weighted by Gasteiger charge is 2.19. The Morgan fingerprint density at radius 3 is 2.86 bits per heavy atom. The molecule has 2 unspecified atom stereocenters. The number of anilines is 1. The first-order valence-electron chi connectivity index (χ1n) is 6.93. The first-order chi connectivity index (χ1) is 10.0. The van der Waals surface area contributed by atoms with E-state index in [1.165, 1.54) is 6.33 Å². The molecule has 7 heteroatoms. The van der Waals surface area contributed by atoms with Crippen molar-refractivity contribution in [2.24, 2.45) is 11.7 Å². The van der Waals surface area contributed by atoms with Gasteiger partial charge in [-0.15, -0.1) is 5.10 Å². The maximum absolute atomic E-state index is 12.1. The molecule has 0 aliphatic heterocycles. The van der Waals surface area contributed by atoms with Gasteiger partial charge < -0.3 is 11.1 Å². The van der Waals surface area contributed by atoms with E-state index in [2.05, 4.69) is 20.8 Å². The minimum absolute atomic E-state index is 0.134. The molecule has 2 atom stereocenters. The van der Waals surface area contributed by atoms with Crippen molar-refractivity contribution >= 4 is 11.6 Å². The van der Waals surface area contributed by atoms with E-state index < -0.39 is 6.04 Å². The van der Waals surface area contributed by atoms with Crippen LogP contribution in [0.2, 0.25) is 0 Å². The van der Waals surface area contributed by atoms with Crippen LogP contribution in [-0.2, 0) is 4.79 Å². The minimum Gasteiger partial charge on any atom is -0.325 e. The zero-order valence-corrected chi connectivity index (χ0v) is 12.4. The Kier molecular flexibility index (Phi) is 4.64. The monoisotopic (exact) mass is 288 g/mol. The third-order valence-corrected chi connectivity index (χ3v) is 3.63. The van der Waals surface area contributed by atoms with Crippen molar-refractivity contribution in [3.8, 4) is 5.69 Å². The van der Waals surface area contributed by atoms with Gasteiger partial charge in [0, 0.05) is 5.69 Å². The maximum Gasteiger partial charge on any atom is 0.241 e. The number of nitrogens with zero attached hydrogens (tertiary/aromatic N) is 4. The smallest absolute Gasteiger partial charge is 0.241 e. The second-order valence-electron chi connectivity index (χ2n) is 5.16. The molecule has 1 amide bonds. The topological polar surface area (TPSA) is 98.7 Å². The van der Waals surface area contributed by atoms with E-state index in [1.54, 1.807) is 4.68 Å². The molecule has 0 bridgehead atoms. The van der Waals surface area contributed by atoms with Crippen LogP contribution in [0.5, 0.6) is 0 Å². The number of tetrazole rings is 1. The lowest BCUT2D eigenvalue weighted by molar-refractivity contribution is -0.118. The lowest BCUT2D eigenvalue weighted by atomic mass is 9.99. The lowest BCUT2D eigenvalue weighted by Crippen LogP contribution is -2.40. The second kappa shape index (κ2) is 6.45. The summed E-state index contributed by atoms with van der Waals surface area (Å²) in [4.78, 5) is 12.1. The van der Waals surface area contributed by atoms with Gasteiger partial charge in [-0.05, 0) is 41.0 Å². The van der Waals surface area contributed by atoms with E-state index in [9.17, 15) is 4.79 Å². The van der Waals surface area contributed by atoms with E-state index in [0.29, 0.717) is 5.69 Å². The average Bonchev–Trinajstić information content (AvgIpc) is 3.01. The highest BCUT2D eigenvalue weighted by molar-refractivity contribution is 5.95. The van der Waals surface area contributed by atoms with Gasteiger partial charge in [0.1, 0.15) is 6.33 Å². The Hall–Kier alpha value is -2.28. The Balaban J connectivity index is 2.18. The molecule has 0 radical (unpaired) electrons. The summed E-state index contributed by atoms with van der Waals surface area (Å²) in [6, 6.07) is 5.05. The van der Waals surface area contributed by atoms with E-state index >= 15 is 0 Å². The zero-order chi connectivity index (χ0) is 15.4. The van der Waals surface area contributed by atoms with Crippen molar-refractivity contribution < 1.29 is 4.79 Å². The number of nitrogens with one attached hydrogen (secondary N) is 1. The predicted molar refractivity (Wildman–Crippen MR) is 80.0 cm³/mol. The minimum atomic E-state index is -0.521. The molecule has 2 rings (SSSR count). The molecule has 0 saturated heterocycles. The Labute approximate surface area is 123 Å². The van der Waals surface area contributed by atoms with Crippen LogP contribution in [0.15, 0.2) is 24.5 Å². The number of hydrogen-bond acceptors (Lipinski definition) is 5. The Morgan fingerprint density at radius 2 is 2.24 bits per heavy atom. The normalized spacial score (nSPS) is 13.7. The summed E-state index contributed by atoms with van der Waals surface area (Å²) < 4.78 is 1.56. The molecule has 0 aliphatic carbocycles. The van der Waals surface area contributed by atoms with Crippen molar-refractivity contribution in [1.82, 2.24) is 20.2 Å². The van der Waals surface area contributed by atoms with Crippen molar-refractivity contribution in [2.45, 2.75) is 33.2 Å². The molecule has 7 nitrogen and oxygen atoms in total. The molecule has 112 valence electrons. The van der Waals surface area contributed by atoms with Gasteiger partial charge in [-0.3, -0.25) is 4.79 Å². The van der Waals surface area contributed by atoms with E-state index in [0.717, 1.165) is 17.7 Å². The van der Waals surface area contributed by atoms with Gasteiger partial charge >= 0.3 is 0 Å². The van der Waals surface area contributed by atoms with Crippen LogP contribution in [0.4, 0.5) is 5.69 Å². The quantitative estimate of drug-likeness (QED) is 0.863. The third kappa shape index (κ3) is 3.43. The van der Waals surface area contributed by atoms with Crippen molar-refractivity contribution in [2.75, 3.05) is 5.32 Å². The fourth-order valence-corrected chi connectivity index (χ4v) is 1.94. The van der Waals surface area contributed by atoms with Gasteiger partial charge in [0.25, 0.3) is 0 Å². The standard InChI is InChI=1S/C14H20N6O/c1-4-9(2)13(15)14(21)17-11-6-5-10(3)12(7-11)20-8-16-18-19-20/h5-9,13H,4,15H2,1-3H3,(H,17,21). The molecule has 2 aromatic rings. The van der Waals surface area contributed by atoms with Gasteiger partial charge in [0.15, 0.2) is 0 Å². The van der Waals surface area contributed by atoms with Gasteiger partial charge in [0.2, 0.25) is 5.91 Å². The summed E-state index contributed by atoms with van der Waals surface area (Å²) in [6.45, 7) is 5.93. The van der Waals surface area contributed by atoms with Crippen molar-refractivity contribution in [3.05, 3.63) is 30.1 Å². The van der Waals surface area contributed by atoms with Crippen LogP contribution in [0.3, 0.4) is 0 Å². The van der Waals surface area contributed by atoms with Crippen molar-refractivity contribution in [3.63, 3.8) is 0 Å². The highest BCUT2D eigenvalue weighted by Crippen LogP contribution is 2.19. The maximum atomic E-state index is 12.1. The highest BCUT2D eigenvalue weighted by atomic mass is 16.2. The summed E-state index contributed by atoms with van der Waals surface area (Å²) in [5, 5.41) is 13.9. The fourth-order valence-electron chi connectivity index (χ4n) is 1.94. The third-order valence-electron chi connectivity index (χ3n) is 3.63. The molecule has 1 aromatic heterocycles. The molecule has 0 spiro atoms. The summed E-state index contributed by atoms with van der Waals surface area (Å²) in [5.41, 5.74) is 8.43. The summed E-state index contributed by atoms with van der Waals surface area (Å²) >= 11 is 0. The molecular weight excluding hydrogens is 268 g/mol. The molecule has 0 aliphatic rings. The molecule has 0 saturated carbocycles. The van der Waals surface area contributed by atoms with Gasteiger partial charge in [-0.1, -0.05) is 26.3 Å². The van der Waals surface area contributed by atoms with Crippen LogP contribution in [0.1, 0.15) is 25.8 Å². The second-order valence-corrected chi connectivity index (χ2v) is 5.16. The van der Waals surface area contributed by atoms with E-state index in [1.807, 2.05) is 39.0 Å². The Morgan fingerprint density at radius 1 is 1.48 bits per heavy atom. The number of rotatable bonds is 5. The first kappa shape index (κ1) is 15.1. The van der Waals surface area contributed by atoms with Gasteiger partial charge in [-0.25, -0.2) is 4.68 Å². The number of nitrogens with two attached hydrogens (primary N) is 1. The van der Waals surface area contributed by atoms with Crippen LogP contribution >= 0.6 is 0 Å². The van der Waals surface area contributed by atoms with Crippen LogP contribution in [0.25, 0.3) is 5.69 Å². The number of hydrogen-bond donors (Lipinski definition) is 2. The van der Waals surface area contributed by atoms with E-state index in [4.69, 9.17) is 5.73 Å². The molecule has 21 heavy (non-hydrogen) atoms. The van der Waals surface area contributed by atoms with Crippen LogP contribution < -0.4 is 11.1 Å². The molecule has 1 aromatic carbocycles. The zero-order valence-electron chi connectivity index (χ0n) is 12.4. The summed E-state index contributed by atoms with van der Waals surface area (Å²) in [5.74, 6) is -0.0506. The SMILES string of the molecule is CCC(C)C(N)C(=O)Nc1ccc(C)c(-n2cnnn2)c1. The van der Waals surface area contributed by atoms with E-state index in [-0.39, 0.29) is 11.8 Å². The molecule has 0 fully saturated rings. The number of carbonyl (C=O) groups excluding carboxylic acids is 1. The number of carbonyl (C=O) groups is 1. The summed E-state index contributed by atoms with van der Waals surface area (Å²) in [7, 11) is 0. The number of aryl methyl sites for hydroxylation is 1. The molecular formula is C14H20N6O. The average molecular weight is 288 g/mol. The largest absolute Gasteiger partial charge is 0.325 e.